The second kappa shape index (κ2) is 3.56. The topological polar surface area (TPSA) is 0 Å². The van der Waals surface area contributed by atoms with E-state index >= 15 is 0 Å². The van der Waals surface area contributed by atoms with Crippen molar-refractivity contribution in [2.45, 2.75) is 13.8 Å². The predicted molar refractivity (Wildman–Crippen MR) is 84.2 cm³/mol. The van der Waals surface area contributed by atoms with Gasteiger partial charge in [0.05, 0.1) is 4.01 Å². The summed E-state index contributed by atoms with van der Waals surface area (Å²) >= 11 is 3.85. The molecule has 2 aromatic heterocycles. The van der Waals surface area contributed by atoms with Gasteiger partial charge in [-0.3, -0.25) is 0 Å². The molecule has 4 aromatic rings. The van der Waals surface area contributed by atoms with Gasteiger partial charge in [-0.05, 0) is 37.1 Å². The summed E-state index contributed by atoms with van der Waals surface area (Å²) in [5.74, 6) is 0. The monoisotopic (exact) mass is 268 g/mol. The molecule has 0 bridgehead atoms. The molecule has 0 amide bonds. The zero-order valence-corrected chi connectivity index (χ0v) is 11.9. The fourth-order valence-electron chi connectivity index (χ4n) is 2.53. The van der Waals surface area contributed by atoms with Crippen molar-refractivity contribution in [3.8, 4) is 0 Å². The van der Waals surface area contributed by atoms with Crippen LogP contribution in [0.1, 0.15) is 11.1 Å². The van der Waals surface area contributed by atoms with Gasteiger partial charge in [0.25, 0.3) is 0 Å². The maximum atomic E-state index is 2.30. The first-order chi connectivity index (χ1) is 8.72. The van der Waals surface area contributed by atoms with Crippen molar-refractivity contribution in [3.05, 3.63) is 47.5 Å². The average Bonchev–Trinajstić information content (AvgIpc) is 2.82. The highest BCUT2D eigenvalue weighted by Gasteiger charge is 2.11. The number of hydrogen-bond donors (Lipinski definition) is 0. The first-order valence-electron chi connectivity index (χ1n) is 6.04. The molecule has 0 atom stereocenters. The Morgan fingerprint density at radius 3 is 1.72 bits per heavy atom. The fourth-order valence-corrected chi connectivity index (χ4v) is 5.33. The Balaban J connectivity index is 2.25. The van der Waals surface area contributed by atoms with Crippen molar-refractivity contribution >= 4 is 52.2 Å². The van der Waals surface area contributed by atoms with Crippen LogP contribution in [0, 0.1) is 13.8 Å². The van der Waals surface area contributed by atoms with Crippen molar-refractivity contribution in [3.63, 3.8) is 0 Å². The largest absolute Gasteiger partial charge is 0.124 e. The molecule has 0 saturated carbocycles. The van der Waals surface area contributed by atoms with Crippen LogP contribution in [0.4, 0.5) is 0 Å². The van der Waals surface area contributed by atoms with Crippen LogP contribution in [0.5, 0.6) is 0 Å². The smallest absolute Gasteiger partial charge is 0.0890 e. The van der Waals surface area contributed by atoms with Gasteiger partial charge in [0.1, 0.15) is 0 Å². The van der Waals surface area contributed by atoms with Crippen molar-refractivity contribution in [1.82, 2.24) is 0 Å². The molecule has 2 heteroatoms. The van der Waals surface area contributed by atoms with Gasteiger partial charge in [0.2, 0.25) is 0 Å². The van der Waals surface area contributed by atoms with Gasteiger partial charge in [-0.2, -0.15) is 0 Å². The molecule has 0 aliphatic carbocycles. The van der Waals surface area contributed by atoms with E-state index in [4.69, 9.17) is 0 Å². The molecule has 88 valence electrons. The standard InChI is InChI=1S/C16H12S2/c1-9-3-5-11-13(7-9)17-16-15(11)12-6-4-10(2)8-14(12)18-16/h3-8H,1-2H3. The Morgan fingerprint density at radius 1 is 0.722 bits per heavy atom. The van der Waals surface area contributed by atoms with E-state index in [9.17, 15) is 0 Å². The van der Waals surface area contributed by atoms with Gasteiger partial charge in [0.15, 0.2) is 0 Å². The third-order valence-electron chi connectivity index (χ3n) is 3.42. The van der Waals surface area contributed by atoms with Crippen LogP contribution in [-0.2, 0) is 0 Å². The van der Waals surface area contributed by atoms with Crippen LogP contribution in [0.2, 0.25) is 0 Å². The minimum absolute atomic E-state index is 1.34. The zero-order chi connectivity index (χ0) is 12.3. The molecule has 0 radical (unpaired) electrons. The Hall–Kier alpha value is -1.38. The summed E-state index contributed by atoms with van der Waals surface area (Å²) in [7, 11) is 0. The number of thiophene rings is 2. The van der Waals surface area contributed by atoms with Crippen LogP contribution in [0.3, 0.4) is 0 Å². The first-order valence-corrected chi connectivity index (χ1v) is 7.68. The molecular weight excluding hydrogens is 256 g/mol. The lowest BCUT2D eigenvalue weighted by atomic mass is 10.1. The van der Waals surface area contributed by atoms with E-state index in [1.807, 2.05) is 22.7 Å². The van der Waals surface area contributed by atoms with Crippen LogP contribution in [0.15, 0.2) is 36.4 Å². The zero-order valence-electron chi connectivity index (χ0n) is 10.3. The van der Waals surface area contributed by atoms with Crippen LogP contribution in [-0.4, -0.2) is 0 Å². The first kappa shape index (κ1) is 10.5. The van der Waals surface area contributed by atoms with Crippen LogP contribution < -0.4 is 0 Å². The number of benzene rings is 2. The average molecular weight is 268 g/mol. The lowest BCUT2D eigenvalue weighted by molar-refractivity contribution is 1.52. The number of aryl methyl sites for hydroxylation is 2. The summed E-state index contributed by atoms with van der Waals surface area (Å²) in [4.78, 5) is 0. The molecule has 0 nitrogen and oxygen atoms in total. The van der Waals surface area contributed by atoms with Crippen molar-refractivity contribution in [2.24, 2.45) is 0 Å². The normalized spacial score (nSPS) is 11.9. The third-order valence-corrected chi connectivity index (χ3v) is 5.82. The quantitative estimate of drug-likeness (QED) is 0.373. The van der Waals surface area contributed by atoms with Crippen molar-refractivity contribution in [1.29, 1.82) is 0 Å². The molecule has 2 heterocycles. The highest BCUT2D eigenvalue weighted by molar-refractivity contribution is 7.44. The van der Waals surface area contributed by atoms with Gasteiger partial charge in [-0.1, -0.05) is 24.3 Å². The SMILES string of the molecule is Cc1ccc2c(c1)sc1sc3cc(C)ccc3c12. The predicted octanol–water partition coefficient (Wildman–Crippen LogP) is 5.89. The lowest BCUT2D eigenvalue weighted by Gasteiger charge is -1.95. The minimum atomic E-state index is 1.34. The number of fused-ring (bicyclic) bond motifs is 5. The van der Waals surface area contributed by atoms with Gasteiger partial charge >= 0.3 is 0 Å². The van der Waals surface area contributed by atoms with E-state index < -0.39 is 0 Å². The molecule has 0 N–H and O–H groups in total. The molecule has 0 aliphatic heterocycles. The van der Waals surface area contributed by atoms with Gasteiger partial charge in [-0.15, -0.1) is 22.7 Å². The Bertz CT molecular complexity index is 822. The van der Waals surface area contributed by atoms with Gasteiger partial charge < -0.3 is 0 Å². The molecule has 0 spiro atoms. The van der Waals surface area contributed by atoms with Gasteiger partial charge in [-0.25, -0.2) is 0 Å². The molecule has 4 rings (SSSR count). The van der Waals surface area contributed by atoms with E-state index in [0.717, 1.165) is 0 Å². The fraction of sp³-hybridized carbons (Fsp3) is 0.125. The van der Waals surface area contributed by atoms with Crippen molar-refractivity contribution < 1.29 is 0 Å². The van der Waals surface area contributed by atoms with E-state index in [-0.39, 0.29) is 0 Å². The summed E-state index contributed by atoms with van der Waals surface area (Å²) < 4.78 is 4.29. The third kappa shape index (κ3) is 1.36. The second-order valence-corrected chi connectivity index (χ2v) is 7.23. The second-order valence-electron chi connectivity index (χ2n) is 4.87. The molecule has 18 heavy (non-hydrogen) atoms. The van der Waals surface area contributed by atoms with Gasteiger partial charge in [0, 0.05) is 25.6 Å². The Labute approximate surface area is 113 Å². The molecule has 0 aliphatic rings. The Kier molecular flexibility index (Phi) is 2.08. The summed E-state index contributed by atoms with van der Waals surface area (Å²) in [5.41, 5.74) is 2.69. The number of hydrogen-bond acceptors (Lipinski definition) is 2. The molecule has 2 aromatic carbocycles. The van der Waals surface area contributed by atoms with E-state index in [0.29, 0.717) is 0 Å². The molecule has 0 fully saturated rings. The molecular formula is C16H12S2. The summed E-state index contributed by atoms with van der Waals surface area (Å²) in [5, 5.41) is 4.28. The molecule has 0 saturated heterocycles. The minimum Gasteiger partial charge on any atom is -0.124 e. The summed E-state index contributed by atoms with van der Waals surface area (Å²) in [6, 6.07) is 13.6. The van der Waals surface area contributed by atoms with E-state index in [2.05, 4.69) is 50.2 Å². The van der Waals surface area contributed by atoms with Crippen LogP contribution in [0.25, 0.3) is 29.6 Å². The van der Waals surface area contributed by atoms with E-state index in [1.54, 1.807) is 0 Å². The highest BCUT2D eigenvalue weighted by atomic mass is 32.2. The summed E-state index contributed by atoms with van der Waals surface area (Å²) in [6.45, 7) is 4.32. The van der Waals surface area contributed by atoms with Crippen molar-refractivity contribution in [2.75, 3.05) is 0 Å². The highest BCUT2D eigenvalue weighted by Crippen LogP contribution is 2.44. The number of rotatable bonds is 0. The van der Waals surface area contributed by atoms with Crippen LogP contribution >= 0.6 is 22.7 Å². The van der Waals surface area contributed by atoms with E-state index in [1.165, 1.54) is 40.7 Å². The lowest BCUT2D eigenvalue weighted by Crippen LogP contribution is -1.71. The maximum Gasteiger partial charge on any atom is 0.0890 e. The summed E-state index contributed by atoms with van der Waals surface area (Å²) in [6.07, 6.45) is 0. The maximum absolute atomic E-state index is 2.30. The molecule has 0 unspecified atom stereocenters. The Morgan fingerprint density at radius 2 is 1.22 bits per heavy atom.